The third kappa shape index (κ3) is 8.16. The van der Waals surface area contributed by atoms with Gasteiger partial charge in [0, 0.05) is 41.2 Å². The number of sulfonamides is 1. The molecule has 0 aromatic heterocycles. The van der Waals surface area contributed by atoms with Crippen molar-refractivity contribution in [2.45, 2.75) is 32.4 Å². The van der Waals surface area contributed by atoms with Gasteiger partial charge in [-0.15, -0.1) is 0 Å². The normalized spacial score (nSPS) is 12.1. The molecule has 3 aromatic carbocycles. The molecule has 2 amide bonds. The molecule has 1 atom stereocenters. The quantitative estimate of drug-likeness (QED) is 0.305. The largest absolute Gasteiger partial charge is 0.354 e. The van der Waals surface area contributed by atoms with Crippen molar-refractivity contribution < 1.29 is 26.8 Å². The van der Waals surface area contributed by atoms with Gasteiger partial charge in [0.2, 0.25) is 21.8 Å². The molecule has 214 valence electrons. The van der Waals surface area contributed by atoms with Crippen LogP contribution in [0.15, 0.2) is 66.7 Å². The number of hydrogen-bond acceptors (Lipinski definition) is 4. The van der Waals surface area contributed by atoms with Crippen molar-refractivity contribution >= 4 is 50.7 Å². The van der Waals surface area contributed by atoms with Crippen LogP contribution in [0.5, 0.6) is 0 Å². The van der Waals surface area contributed by atoms with E-state index >= 15 is 0 Å². The van der Waals surface area contributed by atoms with E-state index in [1.807, 2.05) is 13.0 Å². The number of amides is 2. The Morgan fingerprint density at radius 3 is 2.17 bits per heavy atom. The minimum Gasteiger partial charge on any atom is -0.354 e. The smallest absolute Gasteiger partial charge is 0.244 e. The third-order valence-corrected chi connectivity index (χ3v) is 7.93. The minimum atomic E-state index is -4.14. The fourth-order valence-electron chi connectivity index (χ4n) is 4.03. The molecule has 0 aliphatic heterocycles. The Hall–Kier alpha value is -3.21. The van der Waals surface area contributed by atoms with Gasteiger partial charge in [0.25, 0.3) is 0 Å². The number of carbonyl (C=O) groups excluding carboxylic acids is 2. The average molecular weight is 613 g/mol. The number of rotatable bonds is 12. The van der Waals surface area contributed by atoms with Crippen LogP contribution in [-0.4, -0.2) is 50.5 Å². The predicted octanol–water partition coefficient (Wildman–Crippen LogP) is 5.20. The summed E-state index contributed by atoms with van der Waals surface area (Å²) in [6, 6.07) is 15.2. The Morgan fingerprint density at radius 1 is 0.950 bits per heavy atom. The molecule has 0 radical (unpaired) electrons. The lowest BCUT2D eigenvalue weighted by atomic mass is 10.0. The summed E-state index contributed by atoms with van der Waals surface area (Å²) in [4.78, 5) is 28.6. The number of benzene rings is 3. The van der Waals surface area contributed by atoms with Gasteiger partial charge in [-0.3, -0.25) is 13.9 Å². The van der Waals surface area contributed by atoms with E-state index in [1.165, 1.54) is 4.90 Å². The van der Waals surface area contributed by atoms with Gasteiger partial charge in [-0.25, -0.2) is 17.2 Å². The van der Waals surface area contributed by atoms with Crippen LogP contribution in [0.2, 0.25) is 10.0 Å². The molecule has 3 rings (SSSR count). The molecular weight excluding hydrogens is 583 g/mol. The lowest BCUT2D eigenvalue weighted by Crippen LogP contribution is -2.53. The van der Waals surface area contributed by atoms with Crippen molar-refractivity contribution in [2.24, 2.45) is 0 Å². The fourth-order valence-corrected chi connectivity index (χ4v) is 5.39. The maximum atomic E-state index is 14.0. The third-order valence-electron chi connectivity index (χ3n) is 6.08. The maximum absolute atomic E-state index is 14.0. The molecule has 7 nitrogen and oxygen atoms in total. The molecule has 40 heavy (non-hydrogen) atoms. The molecule has 0 heterocycles. The van der Waals surface area contributed by atoms with Crippen LogP contribution in [0.3, 0.4) is 0 Å². The summed E-state index contributed by atoms with van der Waals surface area (Å²) in [6.07, 6.45) is 1.59. The van der Waals surface area contributed by atoms with E-state index in [1.54, 1.807) is 42.5 Å². The molecule has 0 saturated carbocycles. The molecule has 3 aromatic rings. The summed E-state index contributed by atoms with van der Waals surface area (Å²) in [6.45, 7) is 1.22. The van der Waals surface area contributed by atoms with E-state index in [-0.39, 0.29) is 28.7 Å². The molecule has 0 fully saturated rings. The highest BCUT2D eigenvalue weighted by atomic mass is 35.5. The molecule has 0 bridgehead atoms. The number of halogens is 4. The van der Waals surface area contributed by atoms with Gasteiger partial charge in [0.1, 0.15) is 12.6 Å². The van der Waals surface area contributed by atoms with Gasteiger partial charge in [0.05, 0.1) is 11.9 Å². The first-order valence-electron chi connectivity index (χ1n) is 12.4. The highest BCUT2D eigenvalue weighted by Gasteiger charge is 2.33. The molecule has 12 heteroatoms. The van der Waals surface area contributed by atoms with Gasteiger partial charge in [-0.05, 0) is 36.2 Å². The standard InChI is InChI=1S/C28H29Cl2F2N3O4S/c1-3-14-33-28(37)26(15-19-8-5-4-6-9-19)34(17-21-22(29)10-7-11-23(21)30)27(36)18-35(40(2,38)39)20-12-13-24(31)25(32)16-20/h4-13,16,26H,3,14-15,17-18H2,1-2H3,(H,33,37)/t26-/m0/s1. The van der Waals surface area contributed by atoms with Crippen LogP contribution in [-0.2, 0) is 32.6 Å². The van der Waals surface area contributed by atoms with Crippen LogP contribution in [0.1, 0.15) is 24.5 Å². The first-order chi connectivity index (χ1) is 18.9. The summed E-state index contributed by atoms with van der Waals surface area (Å²) in [5.74, 6) is -3.69. The monoisotopic (exact) mass is 611 g/mol. The number of nitrogens with one attached hydrogen (secondary N) is 1. The molecule has 0 aliphatic carbocycles. The second-order valence-electron chi connectivity index (χ2n) is 9.09. The molecule has 0 spiro atoms. The SMILES string of the molecule is CCCNC(=O)[C@H](Cc1ccccc1)N(Cc1c(Cl)cccc1Cl)C(=O)CN(c1ccc(F)c(F)c1)S(C)(=O)=O. The van der Waals surface area contributed by atoms with E-state index in [9.17, 15) is 26.8 Å². The van der Waals surface area contributed by atoms with Crippen molar-refractivity contribution in [1.29, 1.82) is 0 Å². The topological polar surface area (TPSA) is 86.8 Å². The average Bonchev–Trinajstić information content (AvgIpc) is 2.90. The van der Waals surface area contributed by atoms with E-state index < -0.39 is 46.1 Å². The van der Waals surface area contributed by atoms with Gasteiger partial charge in [-0.2, -0.15) is 0 Å². The highest BCUT2D eigenvalue weighted by Crippen LogP contribution is 2.28. The van der Waals surface area contributed by atoms with Crippen molar-refractivity contribution in [3.8, 4) is 0 Å². The number of nitrogens with zero attached hydrogens (tertiary/aromatic N) is 2. The van der Waals surface area contributed by atoms with Crippen molar-refractivity contribution in [3.05, 3.63) is 99.5 Å². The zero-order chi connectivity index (χ0) is 29.4. The lowest BCUT2D eigenvalue weighted by Gasteiger charge is -2.34. The maximum Gasteiger partial charge on any atom is 0.244 e. The molecule has 1 N–H and O–H groups in total. The van der Waals surface area contributed by atoms with Gasteiger partial charge < -0.3 is 10.2 Å². The highest BCUT2D eigenvalue weighted by molar-refractivity contribution is 7.92. The summed E-state index contributed by atoms with van der Waals surface area (Å²) in [5, 5.41) is 3.31. The van der Waals surface area contributed by atoms with Crippen LogP contribution >= 0.6 is 23.2 Å². The first kappa shape index (κ1) is 31.3. The van der Waals surface area contributed by atoms with Crippen LogP contribution in [0.4, 0.5) is 14.5 Å². The Kier molecular flexibility index (Phi) is 10.9. The Balaban J connectivity index is 2.10. The Labute approximate surface area is 242 Å². The summed E-state index contributed by atoms with van der Waals surface area (Å²) in [7, 11) is -4.14. The number of carbonyl (C=O) groups is 2. The van der Waals surface area contributed by atoms with Gasteiger partial charge in [-0.1, -0.05) is 66.5 Å². The van der Waals surface area contributed by atoms with Crippen LogP contribution < -0.4 is 9.62 Å². The number of anilines is 1. The van der Waals surface area contributed by atoms with E-state index in [2.05, 4.69) is 5.32 Å². The van der Waals surface area contributed by atoms with E-state index in [4.69, 9.17) is 23.2 Å². The van der Waals surface area contributed by atoms with E-state index in [0.29, 0.717) is 28.9 Å². The molecule has 0 saturated heterocycles. The van der Waals surface area contributed by atoms with Gasteiger partial charge >= 0.3 is 0 Å². The van der Waals surface area contributed by atoms with Crippen molar-refractivity contribution in [2.75, 3.05) is 23.7 Å². The fraction of sp³-hybridized carbons (Fsp3) is 0.286. The molecule has 0 aliphatic rings. The van der Waals surface area contributed by atoms with E-state index in [0.717, 1.165) is 24.0 Å². The predicted molar refractivity (Wildman–Crippen MR) is 153 cm³/mol. The summed E-state index contributed by atoms with van der Waals surface area (Å²) >= 11 is 12.8. The zero-order valence-corrected chi connectivity index (χ0v) is 24.2. The van der Waals surface area contributed by atoms with Gasteiger partial charge in [0.15, 0.2) is 11.6 Å². The second kappa shape index (κ2) is 13.9. The lowest BCUT2D eigenvalue weighted by molar-refractivity contribution is -0.140. The number of hydrogen-bond donors (Lipinski definition) is 1. The van der Waals surface area contributed by atoms with Crippen LogP contribution in [0, 0.1) is 11.6 Å². The van der Waals surface area contributed by atoms with Crippen LogP contribution in [0.25, 0.3) is 0 Å². The first-order valence-corrected chi connectivity index (χ1v) is 15.0. The molecule has 0 unspecified atom stereocenters. The zero-order valence-electron chi connectivity index (χ0n) is 21.9. The van der Waals surface area contributed by atoms with Crippen molar-refractivity contribution in [1.82, 2.24) is 10.2 Å². The summed E-state index contributed by atoms with van der Waals surface area (Å²) in [5.41, 5.74) is 0.863. The summed E-state index contributed by atoms with van der Waals surface area (Å²) < 4.78 is 53.7. The Bertz CT molecular complexity index is 1440. The minimum absolute atomic E-state index is 0.105. The van der Waals surface area contributed by atoms with Crippen molar-refractivity contribution in [3.63, 3.8) is 0 Å². The molecular formula is C28H29Cl2F2N3O4S. The second-order valence-corrected chi connectivity index (χ2v) is 11.8. The Morgan fingerprint density at radius 2 is 1.60 bits per heavy atom.